The van der Waals surface area contributed by atoms with E-state index in [0.29, 0.717) is 6.61 Å². The van der Waals surface area contributed by atoms with Crippen molar-refractivity contribution >= 4 is 11.8 Å². The molecule has 0 aromatic heterocycles. The number of rotatable bonds is 3. The van der Waals surface area contributed by atoms with Gasteiger partial charge in [0.05, 0.1) is 18.8 Å². The summed E-state index contributed by atoms with van der Waals surface area (Å²) in [5.41, 5.74) is 0.669. The predicted molar refractivity (Wildman–Crippen MR) is 96.1 cm³/mol. The van der Waals surface area contributed by atoms with Crippen LogP contribution in [0.1, 0.15) is 18.8 Å². The van der Waals surface area contributed by atoms with E-state index in [4.69, 9.17) is 14.2 Å². The van der Waals surface area contributed by atoms with Crippen molar-refractivity contribution < 1.29 is 19.3 Å². The smallest absolute Gasteiger partial charge is 0.184 e. The van der Waals surface area contributed by atoms with Crippen molar-refractivity contribution in [3.63, 3.8) is 0 Å². The summed E-state index contributed by atoms with van der Waals surface area (Å²) in [5.74, 6) is -0.0323. The topological polar surface area (TPSA) is 47.9 Å². The molecule has 2 aromatic carbocycles. The molecule has 4 rings (SSSR count). The van der Waals surface area contributed by atoms with Gasteiger partial charge in [-0.25, -0.2) is 0 Å². The summed E-state index contributed by atoms with van der Waals surface area (Å²) < 4.78 is 18.1. The van der Waals surface area contributed by atoms with E-state index in [2.05, 4.69) is 0 Å². The molecule has 2 heterocycles. The van der Waals surface area contributed by atoms with Crippen LogP contribution in [-0.2, 0) is 14.2 Å². The largest absolute Gasteiger partial charge is 0.389 e. The van der Waals surface area contributed by atoms with Crippen molar-refractivity contribution in [3.8, 4) is 0 Å². The van der Waals surface area contributed by atoms with Crippen molar-refractivity contribution in [2.45, 2.75) is 41.9 Å². The zero-order chi connectivity index (χ0) is 17.2. The van der Waals surface area contributed by atoms with Gasteiger partial charge in [-0.2, -0.15) is 0 Å². The van der Waals surface area contributed by atoms with Crippen molar-refractivity contribution in [3.05, 3.63) is 66.2 Å². The van der Waals surface area contributed by atoms with Gasteiger partial charge >= 0.3 is 0 Å². The first-order chi connectivity index (χ1) is 12.2. The lowest BCUT2D eigenvalue weighted by molar-refractivity contribution is -0.307. The zero-order valence-electron chi connectivity index (χ0n) is 14.0. The van der Waals surface area contributed by atoms with Crippen LogP contribution in [0.3, 0.4) is 0 Å². The Labute approximate surface area is 152 Å². The standard InChI is InChI=1S/C20H22O4S/c1-13-17(21)20(25-15-10-6-3-7-11-15)23-16-12-22-19(24-18(13)16)14-8-4-2-5-9-14/h2-11,13,16-21H,12H2,1H3/t13?,16?,17?,18-,19?,20?/m1/s1. The second kappa shape index (κ2) is 7.48. The van der Waals surface area contributed by atoms with Crippen molar-refractivity contribution in [1.29, 1.82) is 0 Å². The number of thioether (sulfide) groups is 1. The number of aliphatic hydroxyl groups is 1. The number of aliphatic hydroxyl groups excluding tert-OH is 1. The molecule has 0 spiro atoms. The molecular formula is C20H22O4S. The van der Waals surface area contributed by atoms with Crippen LogP contribution in [0.5, 0.6) is 0 Å². The average Bonchev–Trinajstić information content (AvgIpc) is 2.67. The Bertz CT molecular complexity index is 679. The molecule has 2 saturated heterocycles. The summed E-state index contributed by atoms with van der Waals surface area (Å²) in [4.78, 5) is 1.08. The Balaban J connectivity index is 1.46. The van der Waals surface area contributed by atoms with E-state index in [1.807, 2.05) is 67.6 Å². The third kappa shape index (κ3) is 3.61. The van der Waals surface area contributed by atoms with Gasteiger partial charge in [-0.15, -0.1) is 0 Å². The molecule has 132 valence electrons. The third-order valence-electron chi connectivity index (χ3n) is 4.77. The van der Waals surface area contributed by atoms with Gasteiger partial charge in [-0.1, -0.05) is 67.2 Å². The monoisotopic (exact) mass is 358 g/mol. The molecule has 0 aliphatic carbocycles. The molecule has 5 heteroatoms. The van der Waals surface area contributed by atoms with Gasteiger partial charge in [0.1, 0.15) is 11.5 Å². The van der Waals surface area contributed by atoms with Crippen LogP contribution in [0, 0.1) is 5.92 Å². The summed E-state index contributed by atoms with van der Waals surface area (Å²) >= 11 is 1.55. The van der Waals surface area contributed by atoms with Crippen LogP contribution in [-0.4, -0.2) is 35.5 Å². The maximum absolute atomic E-state index is 10.7. The molecule has 2 aliphatic heterocycles. The average molecular weight is 358 g/mol. The first-order valence-electron chi connectivity index (χ1n) is 8.59. The second-order valence-electron chi connectivity index (χ2n) is 6.50. The summed E-state index contributed by atoms with van der Waals surface area (Å²) in [5, 5.41) is 10.7. The van der Waals surface area contributed by atoms with Gasteiger partial charge in [-0.05, 0) is 12.1 Å². The minimum absolute atomic E-state index is 0.0323. The lowest BCUT2D eigenvalue weighted by atomic mass is 9.91. The Morgan fingerprint density at radius 1 is 0.960 bits per heavy atom. The Morgan fingerprint density at radius 2 is 1.64 bits per heavy atom. The number of ether oxygens (including phenoxy) is 3. The van der Waals surface area contributed by atoms with Crippen molar-refractivity contribution in [2.24, 2.45) is 5.92 Å². The lowest BCUT2D eigenvalue weighted by Crippen LogP contribution is -2.57. The molecule has 6 atom stereocenters. The molecule has 25 heavy (non-hydrogen) atoms. The third-order valence-corrected chi connectivity index (χ3v) is 5.94. The highest BCUT2D eigenvalue weighted by Crippen LogP contribution is 2.41. The first-order valence-corrected chi connectivity index (χ1v) is 9.47. The van der Waals surface area contributed by atoms with E-state index in [1.165, 1.54) is 0 Å². The van der Waals surface area contributed by atoms with Crippen LogP contribution in [0.4, 0.5) is 0 Å². The highest BCUT2D eigenvalue weighted by Gasteiger charge is 2.47. The first kappa shape index (κ1) is 17.1. The summed E-state index contributed by atoms with van der Waals surface area (Å²) in [6.45, 7) is 2.49. The highest BCUT2D eigenvalue weighted by atomic mass is 32.2. The number of hydrogen-bond acceptors (Lipinski definition) is 5. The molecule has 0 amide bonds. The molecule has 5 unspecified atom stereocenters. The molecule has 4 nitrogen and oxygen atoms in total. The predicted octanol–water partition coefficient (Wildman–Crippen LogP) is 3.61. The minimum Gasteiger partial charge on any atom is -0.389 e. The van der Waals surface area contributed by atoms with Crippen molar-refractivity contribution in [1.82, 2.24) is 0 Å². The SMILES string of the molecule is CC1C(O)C(Sc2ccccc2)OC2COC(c3ccccc3)O[C@@H]21. The van der Waals surface area contributed by atoms with Gasteiger partial charge in [0, 0.05) is 16.4 Å². The summed E-state index contributed by atoms with van der Waals surface area (Å²) in [6.07, 6.45) is -1.35. The molecule has 2 aromatic rings. The zero-order valence-corrected chi connectivity index (χ0v) is 14.8. The van der Waals surface area contributed by atoms with Gasteiger partial charge in [0.25, 0.3) is 0 Å². The summed E-state index contributed by atoms with van der Waals surface area (Å²) in [7, 11) is 0. The van der Waals surface area contributed by atoms with E-state index in [-0.39, 0.29) is 23.6 Å². The number of fused-ring (bicyclic) bond motifs is 1. The van der Waals surface area contributed by atoms with Gasteiger partial charge < -0.3 is 19.3 Å². The van der Waals surface area contributed by atoms with Gasteiger partial charge in [-0.3, -0.25) is 0 Å². The fourth-order valence-corrected chi connectivity index (χ4v) is 4.50. The van der Waals surface area contributed by atoms with Crippen LogP contribution in [0.15, 0.2) is 65.6 Å². The number of hydrogen-bond donors (Lipinski definition) is 1. The van der Waals surface area contributed by atoms with Crippen LogP contribution < -0.4 is 0 Å². The molecule has 2 fully saturated rings. The molecular weight excluding hydrogens is 336 g/mol. The molecule has 2 aliphatic rings. The maximum Gasteiger partial charge on any atom is 0.184 e. The normalized spacial score (nSPS) is 35.1. The highest BCUT2D eigenvalue weighted by molar-refractivity contribution is 7.99. The Kier molecular flexibility index (Phi) is 5.10. The second-order valence-corrected chi connectivity index (χ2v) is 7.67. The van der Waals surface area contributed by atoms with E-state index < -0.39 is 12.4 Å². The lowest BCUT2D eigenvalue weighted by Gasteiger charge is -2.47. The quantitative estimate of drug-likeness (QED) is 0.908. The van der Waals surface area contributed by atoms with E-state index in [1.54, 1.807) is 11.8 Å². The van der Waals surface area contributed by atoms with E-state index in [9.17, 15) is 5.11 Å². The Morgan fingerprint density at radius 3 is 2.36 bits per heavy atom. The van der Waals surface area contributed by atoms with Crippen LogP contribution in [0.2, 0.25) is 0 Å². The molecule has 0 bridgehead atoms. The fraction of sp³-hybridized carbons (Fsp3) is 0.400. The maximum atomic E-state index is 10.7. The molecule has 1 N–H and O–H groups in total. The number of benzene rings is 2. The van der Waals surface area contributed by atoms with Crippen molar-refractivity contribution in [2.75, 3.05) is 6.61 Å². The van der Waals surface area contributed by atoms with Crippen LogP contribution in [0.25, 0.3) is 0 Å². The minimum atomic E-state index is -0.596. The van der Waals surface area contributed by atoms with Gasteiger partial charge in [0.15, 0.2) is 6.29 Å². The van der Waals surface area contributed by atoms with E-state index in [0.717, 1.165) is 10.5 Å². The summed E-state index contributed by atoms with van der Waals surface area (Å²) in [6, 6.07) is 19.9. The molecule has 0 radical (unpaired) electrons. The Hall–Kier alpha value is -1.37. The molecule has 0 saturated carbocycles. The van der Waals surface area contributed by atoms with E-state index >= 15 is 0 Å². The van der Waals surface area contributed by atoms with Crippen LogP contribution >= 0.6 is 11.8 Å². The fourth-order valence-electron chi connectivity index (χ4n) is 3.34. The van der Waals surface area contributed by atoms with Gasteiger partial charge in [0.2, 0.25) is 0 Å².